The van der Waals surface area contributed by atoms with Crippen molar-refractivity contribution in [2.75, 3.05) is 5.32 Å². The van der Waals surface area contributed by atoms with Crippen LogP contribution in [0.25, 0.3) is 0 Å². The van der Waals surface area contributed by atoms with Gasteiger partial charge in [-0.2, -0.15) is 0 Å². The van der Waals surface area contributed by atoms with E-state index in [1.54, 1.807) is 0 Å². The summed E-state index contributed by atoms with van der Waals surface area (Å²) in [6.45, 7) is 11.0. The largest absolute Gasteiger partial charge is 0.326 e. The lowest BCUT2D eigenvalue weighted by molar-refractivity contribution is -0.114. The topological polar surface area (TPSA) is 29.1 Å². The molecule has 2 nitrogen and oxygen atoms in total. The van der Waals surface area contributed by atoms with Crippen LogP contribution < -0.4 is 5.32 Å². The molecule has 1 fully saturated rings. The molecule has 0 saturated carbocycles. The molecule has 1 atom stereocenters. The van der Waals surface area contributed by atoms with Gasteiger partial charge < -0.3 is 5.32 Å². The van der Waals surface area contributed by atoms with E-state index in [0.29, 0.717) is 16.5 Å². The third-order valence-corrected chi connectivity index (χ3v) is 5.05. The molecule has 1 aromatic carbocycles. The Balaban J connectivity index is 2.14. The summed E-state index contributed by atoms with van der Waals surface area (Å²) < 4.78 is 0. The number of benzene rings is 1. The molecular formula is C16H24BNO. The molecule has 0 spiro atoms. The van der Waals surface area contributed by atoms with Crippen molar-refractivity contribution in [2.45, 2.75) is 52.2 Å². The van der Waals surface area contributed by atoms with E-state index in [0.717, 1.165) is 5.69 Å². The SMILES string of the molecule is CC(=O)Nc1ccc(C2BC(C)(C)C(C)(C)C2)cc1. The van der Waals surface area contributed by atoms with E-state index in [-0.39, 0.29) is 5.91 Å². The van der Waals surface area contributed by atoms with Gasteiger partial charge in [-0.05, 0) is 29.8 Å². The van der Waals surface area contributed by atoms with Crippen molar-refractivity contribution < 1.29 is 4.79 Å². The maximum atomic E-state index is 11.0. The molecule has 1 saturated heterocycles. The summed E-state index contributed by atoms with van der Waals surface area (Å²) in [4.78, 5) is 11.0. The van der Waals surface area contributed by atoms with E-state index in [1.807, 2.05) is 12.1 Å². The van der Waals surface area contributed by atoms with Gasteiger partial charge in [0.1, 0.15) is 7.28 Å². The summed E-state index contributed by atoms with van der Waals surface area (Å²) in [5, 5.41) is 3.20. The number of carbonyl (C=O) groups is 1. The van der Waals surface area contributed by atoms with Crippen molar-refractivity contribution in [2.24, 2.45) is 5.41 Å². The predicted molar refractivity (Wildman–Crippen MR) is 83.1 cm³/mol. The molecule has 19 heavy (non-hydrogen) atoms. The molecule has 1 heterocycles. The van der Waals surface area contributed by atoms with Crippen LogP contribution in [0.2, 0.25) is 5.31 Å². The van der Waals surface area contributed by atoms with Crippen molar-refractivity contribution in [3.8, 4) is 0 Å². The number of nitrogens with one attached hydrogen (secondary N) is 1. The van der Waals surface area contributed by atoms with Gasteiger partial charge in [-0.15, -0.1) is 0 Å². The van der Waals surface area contributed by atoms with E-state index in [9.17, 15) is 4.79 Å². The Morgan fingerprint density at radius 2 is 1.79 bits per heavy atom. The molecule has 1 aliphatic heterocycles. The molecule has 3 heteroatoms. The second kappa shape index (κ2) is 4.70. The molecule has 102 valence electrons. The zero-order valence-corrected chi connectivity index (χ0v) is 12.7. The highest BCUT2D eigenvalue weighted by Gasteiger charge is 2.47. The normalized spacial score (nSPS) is 23.7. The van der Waals surface area contributed by atoms with Crippen LogP contribution in [0.1, 0.15) is 52.4 Å². The van der Waals surface area contributed by atoms with Gasteiger partial charge in [0, 0.05) is 12.6 Å². The molecule has 1 unspecified atom stereocenters. The van der Waals surface area contributed by atoms with E-state index in [4.69, 9.17) is 0 Å². The van der Waals surface area contributed by atoms with Crippen LogP contribution in [-0.4, -0.2) is 13.2 Å². The molecule has 0 aliphatic carbocycles. The second-order valence-corrected chi connectivity index (χ2v) is 7.18. The van der Waals surface area contributed by atoms with Gasteiger partial charge in [-0.3, -0.25) is 4.79 Å². The summed E-state index contributed by atoms with van der Waals surface area (Å²) in [6, 6.07) is 8.34. The fourth-order valence-corrected chi connectivity index (χ4v) is 3.13. The van der Waals surface area contributed by atoms with Gasteiger partial charge in [0.25, 0.3) is 0 Å². The first-order valence-corrected chi connectivity index (χ1v) is 7.09. The Morgan fingerprint density at radius 1 is 1.21 bits per heavy atom. The number of amides is 1. The van der Waals surface area contributed by atoms with Crippen LogP contribution in [0.4, 0.5) is 5.69 Å². The minimum atomic E-state index is -0.0177. The van der Waals surface area contributed by atoms with Crippen LogP contribution in [-0.2, 0) is 4.79 Å². The van der Waals surface area contributed by atoms with Gasteiger partial charge in [0.15, 0.2) is 0 Å². The van der Waals surface area contributed by atoms with Crippen molar-refractivity contribution in [1.82, 2.24) is 0 Å². The molecule has 2 rings (SSSR count). The number of rotatable bonds is 2. The minimum absolute atomic E-state index is 0.0177. The summed E-state index contributed by atoms with van der Waals surface area (Å²) in [6.07, 6.45) is 1.24. The minimum Gasteiger partial charge on any atom is -0.326 e. The Labute approximate surface area is 117 Å². The van der Waals surface area contributed by atoms with Crippen LogP contribution in [0.15, 0.2) is 24.3 Å². The molecule has 0 bridgehead atoms. The first-order chi connectivity index (χ1) is 8.71. The molecule has 1 aromatic rings. The maximum Gasteiger partial charge on any atom is 0.221 e. The van der Waals surface area contributed by atoms with Gasteiger partial charge in [0.2, 0.25) is 5.91 Å². The van der Waals surface area contributed by atoms with Crippen molar-refractivity contribution in [3.05, 3.63) is 29.8 Å². The van der Waals surface area contributed by atoms with Crippen molar-refractivity contribution in [1.29, 1.82) is 0 Å². The predicted octanol–water partition coefficient (Wildman–Crippen LogP) is 3.75. The Hall–Kier alpha value is -1.25. The number of hydrogen-bond donors (Lipinski definition) is 1. The van der Waals surface area contributed by atoms with Crippen LogP contribution in [0.3, 0.4) is 0 Å². The van der Waals surface area contributed by atoms with Gasteiger partial charge >= 0.3 is 0 Å². The van der Waals surface area contributed by atoms with Crippen LogP contribution in [0.5, 0.6) is 0 Å². The average molecular weight is 257 g/mol. The van der Waals surface area contributed by atoms with Crippen LogP contribution >= 0.6 is 0 Å². The van der Waals surface area contributed by atoms with Gasteiger partial charge in [-0.1, -0.05) is 50.7 Å². The van der Waals surface area contributed by atoms with Gasteiger partial charge in [0.05, 0.1) is 0 Å². The molecule has 1 aliphatic rings. The quantitative estimate of drug-likeness (QED) is 0.803. The highest BCUT2D eigenvalue weighted by Crippen LogP contribution is 2.57. The third kappa shape index (κ3) is 2.85. The van der Waals surface area contributed by atoms with Crippen molar-refractivity contribution >= 4 is 18.9 Å². The summed E-state index contributed by atoms with van der Waals surface area (Å²) >= 11 is 0. The first-order valence-electron chi connectivity index (χ1n) is 7.09. The van der Waals surface area contributed by atoms with E-state index >= 15 is 0 Å². The molecular weight excluding hydrogens is 233 g/mol. The molecule has 0 radical (unpaired) electrons. The van der Waals surface area contributed by atoms with E-state index in [1.165, 1.54) is 26.2 Å². The highest BCUT2D eigenvalue weighted by atomic mass is 16.1. The lowest BCUT2D eigenvalue weighted by Crippen LogP contribution is -2.23. The summed E-state index contributed by atoms with van der Waals surface area (Å²) in [5.74, 6) is 0.618. The zero-order chi connectivity index (χ0) is 14.3. The lowest BCUT2D eigenvalue weighted by Gasteiger charge is -2.34. The van der Waals surface area contributed by atoms with E-state index < -0.39 is 0 Å². The Bertz CT molecular complexity index is 460. The second-order valence-electron chi connectivity index (χ2n) is 7.18. The fourth-order valence-electron chi connectivity index (χ4n) is 3.13. The molecule has 1 amide bonds. The Morgan fingerprint density at radius 3 is 2.21 bits per heavy atom. The standard InChI is InChI=1S/C16H24BNO/c1-11(19)18-13-8-6-12(7-9-13)14-10-15(2,3)16(4,5)17-14/h6-9,14,17H,10H2,1-5H3,(H,18,19). The van der Waals surface area contributed by atoms with Crippen molar-refractivity contribution in [3.63, 3.8) is 0 Å². The first kappa shape index (κ1) is 14.2. The maximum absolute atomic E-state index is 11.0. The monoisotopic (exact) mass is 257 g/mol. The number of carbonyl (C=O) groups excluding carboxylic acids is 1. The smallest absolute Gasteiger partial charge is 0.221 e. The summed E-state index contributed by atoms with van der Waals surface area (Å²) in [7, 11) is 1.24. The van der Waals surface area contributed by atoms with E-state index in [2.05, 4.69) is 45.1 Å². The summed E-state index contributed by atoms with van der Waals surface area (Å²) in [5.41, 5.74) is 2.66. The fraction of sp³-hybridized carbons (Fsp3) is 0.562. The van der Waals surface area contributed by atoms with Gasteiger partial charge in [-0.25, -0.2) is 0 Å². The zero-order valence-electron chi connectivity index (χ0n) is 12.7. The number of hydrogen-bond acceptors (Lipinski definition) is 1. The third-order valence-electron chi connectivity index (χ3n) is 5.05. The molecule has 1 N–H and O–H groups in total. The number of anilines is 1. The molecule has 0 aromatic heterocycles. The Kier molecular flexibility index (Phi) is 3.50. The van der Waals surface area contributed by atoms with Crippen LogP contribution in [0, 0.1) is 5.41 Å². The highest BCUT2D eigenvalue weighted by molar-refractivity contribution is 6.43. The lowest BCUT2D eigenvalue weighted by atomic mass is 9.47. The average Bonchev–Trinajstić information content (AvgIpc) is 2.48.